The van der Waals surface area contributed by atoms with Crippen LogP contribution in [0.4, 0.5) is 0 Å². The van der Waals surface area contributed by atoms with E-state index < -0.39 is 10.8 Å². The van der Waals surface area contributed by atoms with E-state index in [0.29, 0.717) is 6.61 Å². The Bertz CT molecular complexity index is 654. The predicted octanol–water partition coefficient (Wildman–Crippen LogP) is 2.82. The summed E-state index contributed by atoms with van der Waals surface area (Å²) >= 11 is 0. The van der Waals surface area contributed by atoms with Gasteiger partial charge in [-0.05, 0) is 32.2 Å². The van der Waals surface area contributed by atoms with Gasteiger partial charge in [0.1, 0.15) is 12.4 Å². The molecule has 1 aliphatic rings. The van der Waals surface area contributed by atoms with Crippen molar-refractivity contribution in [3.63, 3.8) is 0 Å². The van der Waals surface area contributed by atoms with Gasteiger partial charge in [-0.15, -0.1) is 0 Å². The molecular formula is C17H19NO2S. The summed E-state index contributed by atoms with van der Waals surface area (Å²) in [6.07, 6.45) is 0. The van der Waals surface area contributed by atoms with Crippen LogP contribution in [0.3, 0.4) is 0 Å². The second-order valence-electron chi connectivity index (χ2n) is 5.26. The summed E-state index contributed by atoms with van der Waals surface area (Å²) in [7, 11) is 0.806. The molecule has 0 saturated carbocycles. The molecule has 3 atom stereocenters. The first-order valence-electron chi connectivity index (χ1n) is 7.07. The van der Waals surface area contributed by atoms with Crippen molar-refractivity contribution < 1.29 is 8.95 Å². The zero-order valence-electron chi connectivity index (χ0n) is 12.2. The highest BCUT2D eigenvalue weighted by molar-refractivity contribution is 7.85. The van der Waals surface area contributed by atoms with E-state index in [-0.39, 0.29) is 11.3 Å². The molecule has 0 aromatic heterocycles. The molecule has 2 aromatic carbocycles. The molecule has 0 spiro atoms. The molecule has 4 heteroatoms. The van der Waals surface area contributed by atoms with Gasteiger partial charge in [0.05, 0.1) is 22.1 Å². The first-order chi connectivity index (χ1) is 10.2. The van der Waals surface area contributed by atoms with Crippen LogP contribution in [0.15, 0.2) is 53.4 Å². The normalized spacial score (nSPS) is 22.2. The van der Waals surface area contributed by atoms with Crippen molar-refractivity contribution in [2.75, 3.05) is 13.7 Å². The molecular weight excluding hydrogens is 282 g/mol. The lowest BCUT2D eigenvalue weighted by Gasteiger charge is -2.32. The minimum absolute atomic E-state index is 0.0390. The Kier molecular flexibility index (Phi) is 4.08. The van der Waals surface area contributed by atoms with E-state index in [1.807, 2.05) is 62.5 Å². The minimum atomic E-state index is -1.10. The van der Waals surface area contributed by atoms with Gasteiger partial charge < -0.3 is 10.1 Å². The quantitative estimate of drug-likeness (QED) is 0.947. The molecule has 3 rings (SSSR count). The van der Waals surface area contributed by atoms with E-state index in [2.05, 4.69) is 5.32 Å². The Hall–Kier alpha value is -1.65. The molecule has 0 bridgehead atoms. The third-order valence-electron chi connectivity index (χ3n) is 3.87. The smallest absolute Gasteiger partial charge is 0.124 e. The number of aryl methyl sites for hydroxylation is 1. The highest BCUT2D eigenvalue weighted by Crippen LogP contribution is 2.35. The fourth-order valence-electron chi connectivity index (χ4n) is 2.71. The zero-order chi connectivity index (χ0) is 14.8. The molecule has 0 fully saturated rings. The van der Waals surface area contributed by atoms with Crippen LogP contribution in [0.5, 0.6) is 5.75 Å². The van der Waals surface area contributed by atoms with Crippen LogP contribution in [0, 0.1) is 6.92 Å². The Morgan fingerprint density at radius 3 is 2.57 bits per heavy atom. The lowest BCUT2D eigenvalue weighted by Crippen LogP contribution is -2.40. The van der Waals surface area contributed by atoms with Crippen molar-refractivity contribution in [3.8, 4) is 5.75 Å². The van der Waals surface area contributed by atoms with Crippen molar-refractivity contribution in [2.24, 2.45) is 0 Å². The maximum absolute atomic E-state index is 12.9. The van der Waals surface area contributed by atoms with Gasteiger partial charge in [-0.2, -0.15) is 0 Å². The monoisotopic (exact) mass is 301 g/mol. The standard InChI is InChI=1S/C17H19NO2S/c1-12-7-9-13(10-8-12)21(19)16-11-20-15-6-4-3-5-14(15)17(16)18-2/h3-10,16-18H,11H2,1-2H3. The van der Waals surface area contributed by atoms with Crippen LogP contribution >= 0.6 is 0 Å². The SMILES string of the molecule is CNC1c2ccccc2OCC1S(=O)c1ccc(C)cc1. The lowest BCUT2D eigenvalue weighted by atomic mass is 10.0. The van der Waals surface area contributed by atoms with Crippen molar-refractivity contribution in [1.82, 2.24) is 5.32 Å². The molecule has 3 nitrogen and oxygen atoms in total. The molecule has 0 radical (unpaired) electrons. The molecule has 0 aliphatic carbocycles. The molecule has 110 valence electrons. The molecule has 1 heterocycles. The predicted molar refractivity (Wildman–Crippen MR) is 85.1 cm³/mol. The first kappa shape index (κ1) is 14.3. The minimum Gasteiger partial charge on any atom is -0.492 e. The summed E-state index contributed by atoms with van der Waals surface area (Å²) in [6, 6.07) is 15.9. The van der Waals surface area contributed by atoms with Crippen molar-refractivity contribution in [2.45, 2.75) is 23.1 Å². The van der Waals surface area contributed by atoms with E-state index in [4.69, 9.17) is 4.74 Å². The van der Waals surface area contributed by atoms with Crippen LogP contribution in [0.25, 0.3) is 0 Å². The van der Waals surface area contributed by atoms with E-state index >= 15 is 0 Å². The summed E-state index contributed by atoms with van der Waals surface area (Å²) in [5, 5.41) is 3.21. The van der Waals surface area contributed by atoms with E-state index in [1.54, 1.807) is 0 Å². The average molecular weight is 301 g/mol. The number of nitrogens with one attached hydrogen (secondary N) is 1. The van der Waals surface area contributed by atoms with Crippen LogP contribution in [0.1, 0.15) is 17.2 Å². The van der Waals surface area contributed by atoms with E-state index in [1.165, 1.54) is 5.56 Å². The highest BCUT2D eigenvalue weighted by atomic mass is 32.2. The Morgan fingerprint density at radius 1 is 1.14 bits per heavy atom. The van der Waals surface area contributed by atoms with Gasteiger partial charge >= 0.3 is 0 Å². The molecule has 3 unspecified atom stereocenters. The van der Waals surface area contributed by atoms with Gasteiger partial charge in [-0.3, -0.25) is 4.21 Å². The molecule has 2 aromatic rings. The largest absolute Gasteiger partial charge is 0.492 e. The van der Waals surface area contributed by atoms with Gasteiger partial charge in [0.2, 0.25) is 0 Å². The average Bonchev–Trinajstić information content (AvgIpc) is 2.53. The summed E-state index contributed by atoms with van der Waals surface area (Å²) in [6.45, 7) is 2.49. The second kappa shape index (κ2) is 6.00. The zero-order valence-corrected chi connectivity index (χ0v) is 13.0. The van der Waals surface area contributed by atoms with Crippen molar-refractivity contribution in [3.05, 3.63) is 59.7 Å². The number of benzene rings is 2. The highest BCUT2D eigenvalue weighted by Gasteiger charge is 2.34. The molecule has 0 saturated heterocycles. The Morgan fingerprint density at radius 2 is 1.86 bits per heavy atom. The summed E-state index contributed by atoms with van der Waals surface area (Å²) in [5.41, 5.74) is 2.25. The Labute approximate surface area is 127 Å². The third-order valence-corrected chi connectivity index (χ3v) is 5.56. The molecule has 1 N–H and O–H groups in total. The fourth-order valence-corrected chi connectivity index (χ4v) is 4.19. The summed E-state index contributed by atoms with van der Waals surface area (Å²) in [5.74, 6) is 0.883. The molecule has 21 heavy (non-hydrogen) atoms. The van der Waals surface area contributed by atoms with Crippen LogP contribution < -0.4 is 10.1 Å². The van der Waals surface area contributed by atoms with Crippen LogP contribution in [0.2, 0.25) is 0 Å². The number of rotatable bonds is 3. The third kappa shape index (κ3) is 2.74. The second-order valence-corrected chi connectivity index (χ2v) is 6.94. The lowest BCUT2D eigenvalue weighted by molar-refractivity contribution is 0.262. The van der Waals surface area contributed by atoms with Gasteiger partial charge in [-0.1, -0.05) is 35.9 Å². The fraction of sp³-hybridized carbons (Fsp3) is 0.294. The van der Waals surface area contributed by atoms with Crippen LogP contribution in [-0.4, -0.2) is 23.1 Å². The number of fused-ring (bicyclic) bond motifs is 1. The first-order valence-corrected chi connectivity index (χ1v) is 8.28. The summed E-state index contributed by atoms with van der Waals surface area (Å²) < 4.78 is 18.7. The number of ether oxygens (including phenoxy) is 1. The topological polar surface area (TPSA) is 38.3 Å². The van der Waals surface area contributed by atoms with Gasteiger partial charge in [0, 0.05) is 10.5 Å². The van der Waals surface area contributed by atoms with Crippen molar-refractivity contribution >= 4 is 10.8 Å². The molecule has 1 aliphatic heterocycles. The number of para-hydroxylation sites is 1. The Balaban J connectivity index is 1.92. The number of hydrogen-bond donors (Lipinski definition) is 1. The summed E-state index contributed by atoms with van der Waals surface area (Å²) in [4.78, 5) is 0.855. The maximum Gasteiger partial charge on any atom is 0.124 e. The van der Waals surface area contributed by atoms with Gasteiger partial charge in [-0.25, -0.2) is 0 Å². The van der Waals surface area contributed by atoms with E-state index in [9.17, 15) is 4.21 Å². The van der Waals surface area contributed by atoms with Gasteiger partial charge in [0.15, 0.2) is 0 Å². The van der Waals surface area contributed by atoms with Crippen molar-refractivity contribution in [1.29, 1.82) is 0 Å². The number of hydrogen-bond acceptors (Lipinski definition) is 3. The maximum atomic E-state index is 12.9. The van der Waals surface area contributed by atoms with Gasteiger partial charge in [0.25, 0.3) is 0 Å². The van der Waals surface area contributed by atoms with E-state index in [0.717, 1.165) is 16.2 Å². The van der Waals surface area contributed by atoms with Crippen LogP contribution in [-0.2, 0) is 10.8 Å². The molecule has 0 amide bonds.